The molecule has 13 nitrogen and oxygen atoms in total. The zero-order valence-electron chi connectivity index (χ0n) is 17.8. The molecule has 176 valence electrons. The molecule has 0 amide bonds. The summed E-state index contributed by atoms with van der Waals surface area (Å²) < 4.78 is 12.6. The number of hydrogen-bond donors (Lipinski definition) is 6. The van der Waals surface area contributed by atoms with Crippen LogP contribution in [0.25, 0.3) is 11.2 Å². The fraction of sp³-hybridized carbons (Fsp3) is 0.400. The van der Waals surface area contributed by atoms with Gasteiger partial charge in [0.05, 0.1) is 19.4 Å². The Morgan fingerprint density at radius 2 is 2.12 bits per heavy atom. The summed E-state index contributed by atoms with van der Waals surface area (Å²) in [5.41, 5.74) is 8.44. The minimum atomic E-state index is -1.44. The van der Waals surface area contributed by atoms with E-state index in [1.165, 1.54) is 10.8 Å². The Balaban J connectivity index is 1.71. The molecule has 0 saturated carbocycles. The van der Waals surface area contributed by atoms with Gasteiger partial charge < -0.3 is 30.5 Å². The van der Waals surface area contributed by atoms with Crippen molar-refractivity contribution >= 4 is 29.3 Å². The quantitative estimate of drug-likeness (QED) is 0.190. The van der Waals surface area contributed by atoms with Crippen molar-refractivity contribution < 1.29 is 24.8 Å². The van der Waals surface area contributed by atoms with E-state index in [0.29, 0.717) is 17.9 Å². The maximum Gasteiger partial charge on any atom is 0.280 e. The Labute approximate surface area is 187 Å². The molecule has 1 aliphatic rings. The number of hydrazone groups is 1. The van der Waals surface area contributed by atoms with Crippen LogP contribution in [0.15, 0.2) is 34.2 Å². The third-order valence-electron chi connectivity index (χ3n) is 5.09. The van der Waals surface area contributed by atoms with Gasteiger partial charge in [-0.05, 0) is 18.6 Å². The predicted octanol–water partition coefficient (Wildman–Crippen LogP) is -0.452. The minimum absolute atomic E-state index is 0.00616. The summed E-state index contributed by atoms with van der Waals surface area (Å²) in [5.74, 6) is 0.483. The highest BCUT2D eigenvalue weighted by molar-refractivity contribution is 5.84. The highest BCUT2D eigenvalue weighted by Crippen LogP contribution is 2.34. The lowest BCUT2D eigenvalue weighted by molar-refractivity contribution is -0.0501. The highest BCUT2D eigenvalue weighted by Gasteiger charge is 2.45. The first-order valence-corrected chi connectivity index (χ1v) is 10.4. The SMILES string of the molecule is CCCOc1ccccc1C=NNc1nc2c(=O)[nH]c(N)nc2n1C1OC(CO)C(O)C1O. The average Bonchev–Trinajstić information content (AvgIpc) is 3.30. The van der Waals surface area contributed by atoms with E-state index in [1.54, 1.807) is 0 Å². The van der Waals surface area contributed by atoms with Gasteiger partial charge in [0, 0.05) is 5.56 Å². The molecule has 1 aromatic carbocycles. The molecule has 1 saturated heterocycles. The molecular weight excluding hydrogens is 434 g/mol. The molecule has 13 heteroatoms. The first-order chi connectivity index (χ1) is 15.9. The number of nitrogens with one attached hydrogen (secondary N) is 2. The summed E-state index contributed by atoms with van der Waals surface area (Å²) in [6, 6.07) is 7.32. The molecule has 3 aromatic rings. The monoisotopic (exact) mass is 459 g/mol. The van der Waals surface area contributed by atoms with Crippen molar-refractivity contribution in [2.75, 3.05) is 24.4 Å². The van der Waals surface area contributed by atoms with Gasteiger partial charge in [0.2, 0.25) is 11.9 Å². The number of aliphatic hydroxyl groups is 3. The number of H-pyrrole nitrogens is 1. The Morgan fingerprint density at radius 1 is 1.33 bits per heavy atom. The number of aromatic amines is 1. The standard InChI is InChI=1S/C20H25N7O6/c1-2-7-32-11-6-4-3-5-10(11)8-22-26-20-23-13-16(24-19(21)25-17(13)31)27(20)18-15(30)14(29)12(9-28)33-18/h3-6,8,12,14-15,18,28-30H,2,7,9H2,1H3,(H,23,26)(H3,21,24,25,31). The third-order valence-corrected chi connectivity index (χ3v) is 5.09. The summed E-state index contributed by atoms with van der Waals surface area (Å²) in [6.07, 6.45) is -2.69. The lowest BCUT2D eigenvalue weighted by atomic mass is 10.1. The van der Waals surface area contributed by atoms with Gasteiger partial charge in [-0.15, -0.1) is 0 Å². The molecular formula is C20H25N7O6. The van der Waals surface area contributed by atoms with Crippen molar-refractivity contribution in [2.24, 2.45) is 5.10 Å². The molecule has 0 bridgehead atoms. The van der Waals surface area contributed by atoms with Crippen LogP contribution in [-0.4, -0.2) is 72.6 Å². The molecule has 0 radical (unpaired) electrons. The van der Waals surface area contributed by atoms with Crippen LogP contribution in [-0.2, 0) is 4.74 Å². The Bertz CT molecular complexity index is 1210. The molecule has 4 unspecified atom stereocenters. The molecule has 3 heterocycles. The van der Waals surface area contributed by atoms with Crippen LogP contribution in [0.5, 0.6) is 5.75 Å². The van der Waals surface area contributed by atoms with Gasteiger partial charge in [-0.1, -0.05) is 19.1 Å². The van der Waals surface area contributed by atoms with Gasteiger partial charge >= 0.3 is 0 Å². The van der Waals surface area contributed by atoms with E-state index in [-0.39, 0.29) is 23.1 Å². The molecule has 4 rings (SSSR count). The second-order valence-corrected chi connectivity index (χ2v) is 7.41. The van der Waals surface area contributed by atoms with Crippen LogP contribution in [0.4, 0.5) is 11.9 Å². The maximum atomic E-state index is 12.4. The fourth-order valence-corrected chi connectivity index (χ4v) is 3.50. The van der Waals surface area contributed by atoms with Crippen molar-refractivity contribution in [3.05, 3.63) is 40.2 Å². The van der Waals surface area contributed by atoms with E-state index < -0.39 is 36.7 Å². The molecule has 33 heavy (non-hydrogen) atoms. The number of para-hydroxylation sites is 1. The van der Waals surface area contributed by atoms with Crippen molar-refractivity contribution in [3.63, 3.8) is 0 Å². The number of nitrogen functional groups attached to an aromatic ring is 1. The van der Waals surface area contributed by atoms with Gasteiger partial charge in [-0.2, -0.15) is 10.1 Å². The fourth-order valence-electron chi connectivity index (χ4n) is 3.50. The lowest BCUT2D eigenvalue weighted by Crippen LogP contribution is -2.33. The van der Waals surface area contributed by atoms with Crippen molar-refractivity contribution in [1.82, 2.24) is 19.5 Å². The largest absolute Gasteiger partial charge is 0.493 e. The number of nitrogens with zero attached hydrogens (tertiary/aromatic N) is 4. The molecule has 2 aromatic heterocycles. The van der Waals surface area contributed by atoms with Crippen LogP contribution in [0.2, 0.25) is 0 Å². The third kappa shape index (κ3) is 4.39. The number of rotatable bonds is 8. The van der Waals surface area contributed by atoms with Crippen molar-refractivity contribution in [2.45, 2.75) is 37.9 Å². The number of imidazole rings is 1. The Hall–Kier alpha value is -3.52. The van der Waals surface area contributed by atoms with Crippen LogP contribution in [0.3, 0.4) is 0 Å². The van der Waals surface area contributed by atoms with Crippen LogP contribution in [0.1, 0.15) is 25.1 Å². The number of ether oxygens (including phenoxy) is 2. The highest BCUT2D eigenvalue weighted by atomic mass is 16.6. The minimum Gasteiger partial charge on any atom is -0.493 e. The van der Waals surface area contributed by atoms with Gasteiger partial charge in [0.15, 0.2) is 17.4 Å². The first-order valence-electron chi connectivity index (χ1n) is 10.4. The summed E-state index contributed by atoms with van der Waals surface area (Å²) in [6.45, 7) is 2.03. The molecule has 1 aliphatic heterocycles. The summed E-state index contributed by atoms with van der Waals surface area (Å²) in [7, 11) is 0. The molecule has 7 N–H and O–H groups in total. The van der Waals surface area contributed by atoms with Crippen molar-refractivity contribution in [1.29, 1.82) is 0 Å². The van der Waals surface area contributed by atoms with Gasteiger partial charge in [0.1, 0.15) is 24.1 Å². The summed E-state index contributed by atoms with van der Waals surface area (Å²) in [4.78, 5) is 23.0. The van der Waals surface area contributed by atoms with Gasteiger partial charge in [-0.25, -0.2) is 10.4 Å². The zero-order chi connectivity index (χ0) is 23.5. The topological polar surface area (TPSA) is 193 Å². The Kier molecular flexibility index (Phi) is 6.55. The van der Waals surface area contributed by atoms with Crippen LogP contribution < -0.4 is 21.5 Å². The summed E-state index contributed by atoms with van der Waals surface area (Å²) >= 11 is 0. The smallest absolute Gasteiger partial charge is 0.280 e. The van der Waals surface area contributed by atoms with E-state index in [4.69, 9.17) is 15.2 Å². The van der Waals surface area contributed by atoms with E-state index in [1.807, 2.05) is 31.2 Å². The van der Waals surface area contributed by atoms with E-state index in [9.17, 15) is 20.1 Å². The number of aromatic nitrogens is 4. The van der Waals surface area contributed by atoms with Crippen molar-refractivity contribution in [3.8, 4) is 5.75 Å². The number of fused-ring (bicyclic) bond motifs is 1. The van der Waals surface area contributed by atoms with Crippen LogP contribution >= 0.6 is 0 Å². The lowest BCUT2D eigenvalue weighted by Gasteiger charge is -2.18. The normalized spacial score (nSPS) is 22.9. The van der Waals surface area contributed by atoms with E-state index >= 15 is 0 Å². The zero-order valence-corrected chi connectivity index (χ0v) is 17.8. The predicted molar refractivity (Wildman–Crippen MR) is 119 cm³/mol. The first kappa shape index (κ1) is 22.7. The molecule has 0 aliphatic carbocycles. The Morgan fingerprint density at radius 3 is 2.85 bits per heavy atom. The second-order valence-electron chi connectivity index (χ2n) is 7.41. The van der Waals surface area contributed by atoms with Gasteiger partial charge in [0.25, 0.3) is 5.56 Å². The number of anilines is 2. The maximum absolute atomic E-state index is 12.4. The van der Waals surface area contributed by atoms with Gasteiger partial charge in [-0.3, -0.25) is 14.3 Å². The molecule has 0 spiro atoms. The number of nitrogens with two attached hydrogens (primary N) is 1. The number of hydrogen-bond acceptors (Lipinski definition) is 11. The summed E-state index contributed by atoms with van der Waals surface area (Å²) in [5, 5.41) is 34.3. The second kappa shape index (κ2) is 9.54. The van der Waals surface area contributed by atoms with E-state index in [2.05, 4.69) is 25.5 Å². The van der Waals surface area contributed by atoms with E-state index in [0.717, 1.165) is 6.42 Å². The average molecular weight is 459 g/mol. The molecule has 4 atom stereocenters. The number of aliphatic hydroxyl groups excluding tert-OH is 3. The van der Waals surface area contributed by atoms with Crippen LogP contribution in [0, 0.1) is 0 Å². The molecule has 1 fully saturated rings. The number of benzene rings is 1.